The van der Waals surface area contributed by atoms with Gasteiger partial charge >= 0.3 is 0 Å². The van der Waals surface area contributed by atoms with Crippen LogP contribution in [0.3, 0.4) is 0 Å². The fourth-order valence-corrected chi connectivity index (χ4v) is 2.18. The van der Waals surface area contributed by atoms with Gasteiger partial charge in [0.05, 0.1) is 16.8 Å². The van der Waals surface area contributed by atoms with Crippen LogP contribution >= 0.6 is 0 Å². The second-order valence-electron chi connectivity index (χ2n) is 4.81. The Morgan fingerprint density at radius 3 is 2.86 bits per heavy atom. The minimum absolute atomic E-state index is 0.165. The van der Waals surface area contributed by atoms with Crippen LogP contribution in [0.1, 0.15) is 11.3 Å². The Labute approximate surface area is 125 Å². The summed E-state index contributed by atoms with van der Waals surface area (Å²) < 4.78 is 0.514. The first-order valence-corrected chi connectivity index (χ1v) is 6.57. The molecule has 0 aliphatic heterocycles. The van der Waals surface area contributed by atoms with Crippen LogP contribution in [0.5, 0.6) is 0 Å². The molecule has 0 saturated carbocycles. The Balaban J connectivity index is 2.01. The lowest BCUT2D eigenvalue weighted by Crippen LogP contribution is -2.20. The first-order chi connectivity index (χ1) is 10.6. The molecule has 0 unspecified atom stereocenters. The quantitative estimate of drug-likeness (QED) is 0.615. The largest absolute Gasteiger partial charge is 0.423 e. The van der Waals surface area contributed by atoms with Crippen LogP contribution in [0.2, 0.25) is 0 Å². The monoisotopic (exact) mass is 298 g/mol. The molecular weight excluding hydrogens is 284 g/mol. The second kappa shape index (κ2) is 5.32. The molecule has 3 aromatic rings. The summed E-state index contributed by atoms with van der Waals surface area (Å²) in [4.78, 5) is 23.9. The summed E-state index contributed by atoms with van der Waals surface area (Å²) in [5.74, 6) is 0.446. The first-order valence-electron chi connectivity index (χ1n) is 6.57. The third kappa shape index (κ3) is 2.41. The van der Waals surface area contributed by atoms with Gasteiger partial charge in [0.25, 0.3) is 5.56 Å². The number of hydrogen-bond donors (Lipinski definition) is 3. The van der Waals surface area contributed by atoms with E-state index in [2.05, 4.69) is 20.3 Å². The highest BCUT2D eigenvalue weighted by molar-refractivity contribution is 5.90. The number of aromatic nitrogens is 4. The minimum atomic E-state index is -0.566. The predicted octanol–water partition coefficient (Wildman–Crippen LogP) is 0.927. The lowest BCUT2D eigenvalue weighted by atomic mass is 10.2. The number of rotatable bonds is 3. The number of hydrogen-bond acceptors (Lipinski definition) is 7. The molecule has 3 aromatic heterocycles. The van der Waals surface area contributed by atoms with Gasteiger partial charge in [0.1, 0.15) is 12.1 Å². The van der Waals surface area contributed by atoms with Crippen LogP contribution in [0.4, 0.5) is 11.5 Å². The lowest BCUT2D eigenvalue weighted by molar-refractivity contribution is 0.186. The Hall–Kier alpha value is -3.16. The Morgan fingerprint density at radius 2 is 2.14 bits per heavy atom. The van der Waals surface area contributed by atoms with E-state index in [4.69, 9.17) is 5.73 Å². The molecule has 0 fully saturated rings. The SMILES string of the molecule is Cc1ncnc2c1c(NCc1ccc(N)nc1)cc(=O)n2O. The number of nitrogen functional groups attached to an aromatic ring is 1. The molecule has 22 heavy (non-hydrogen) atoms. The van der Waals surface area contributed by atoms with E-state index in [-0.39, 0.29) is 5.65 Å². The maximum atomic E-state index is 11.8. The van der Waals surface area contributed by atoms with Gasteiger partial charge in [0.2, 0.25) is 0 Å². The van der Waals surface area contributed by atoms with E-state index in [1.165, 1.54) is 12.4 Å². The third-order valence-electron chi connectivity index (χ3n) is 3.29. The van der Waals surface area contributed by atoms with E-state index in [9.17, 15) is 10.0 Å². The van der Waals surface area contributed by atoms with E-state index in [0.29, 0.717) is 33.9 Å². The summed E-state index contributed by atoms with van der Waals surface area (Å²) in [7, 11) is 0. The number of anilines is 2. The zero-order valence-electron chi connectivity index (χ0n) is 11.8. The molecule has 0 saturated heterocycles. The average molecular weight is 298 g/mol. The average Bonchev–Trinajstić information content (AvgIpc) is 2.51. The van der Waals surface area contributed by atoms with Gasteiger partial charge in [-0.2, -0.15) is 0 Å². The molecule has 3 heterocycles. The van der Waals surface area contributed by atoms with Gasteiger partial charge < -0.3 is 16.3 Å². The molecule has 0 aliphatic rings. The molecule has 0 amide bonds. The van der Waals surface area contributed by atoms with Crippen LogP contribution in [0, 0.1) is 6.92 Å². The van der Waals surface area contributed by atoms with Crippen LogP contribution in [0.25, 0.3) is 11.0 Å². The second-order valence-corrected chi connectivity index (χ2v) is 4.81. The summed E-state index contributed by atoms with van der Waals surface area (Å²) >= 11 is 0. The lowest BCUT2D eigenvalue weighted by Gasteiger charge is -2.12. The van der Waals surface area contributed by atoms with Gasteiger partial charge in [-0.05, 0) is 18.6 Å². The van der Waals surface area contributed by atoms with Gasteiger partial charge in [-0.25, -0.2) is 15.0 Å². The maximum absolute atomic E-state index is 11.8. The van der Waals surface area contributed by atoms with Crippen molar-refractivity contribution in [3.63, 3.8) is 0 Å². The van der Waals surface area contributed by atoms with Crippen molar-refractivity contribution in [2.24, 2.45) is 0 Å². The normalized spacial score (nSPS) is 10.8. The smallest absolute Gasteiger partial charge is 0.286 e. The number of nitrogens with one attached hydrogen (secondary N) is 1. The van der Waals surface area contributed by atoms with E-state index in [0.717, 1.165) is 5.56 Å². The van der Waals surface area contributed by atoms with Gasteiger partial charge in [-0.1, -0.05) is 6.07 Å². The standard InChI is InChI=1S/C14H14N6O2/c1-8-13-10(16-5-9-2-3-11(15)17-6-9)4-12(21)20(22)14(13)19-7-18-8/h2-4,6-7,16,22H,5H2,1H3,(H2,15,17). The zero-order chi connectivity index (χ0) is 15.7. The molecule has 0 radical (unpaired) electrons. The summed E-state index contributed by atoms with van der Waals surface area (Å²) in [5, 5.41) is 13.5. The van der Waals surface area contributed by atoms with Crippen LogP contribution in [-0.2, 0) is 6.54 Å². The maximum Gasteiger partial charge on any atom is 0.286 e. The Morgan fingerprint density at radius 1 is 1.32 bits per heavy atom. The molecule has 112 valence electrons. The minimum Gasteiger partial charge on any atom is -0.423 e. The molecule has 8 heteroatoms. The highest BCUT2D eigenvalue weighted by Gasteiger charge is 2.12. The van der Waals surface area contributed by atoms with Gasteiger partial charge in [-0.15, -0.1) is 4.73 Å². The third-order valence-corrected chi connectivity index (χ3v) is 3.29. The van der Waals surface area contributed by atoms with Crippen molar-refractivity contribution in [2.45, 2.75) is 13.5 Å². The number of nitrogens with two attached hydrogens (primary N) is 1. The van der Waals surface area contributed by atoms with Crippen molar-refractivity contribution < 1.29 is 5.21 Å². The highest BCUT2D eigenvalue weighted by atomic mass is 16.5. The highest BCUT2D eigenvalue weighted by Crippen LogP contribution is 2.22. The van der Waals surface area contributed by atoms with E-state index in [1.807, 2.05) is 6.07 Å². The van der Waals surface area contributed by atoms with Gasteiger partial charge in [0.15, 0.2) is 5.65 Å². The fraction of sp³-hybridized carbons (Fsp3) is 0.143. The Bertz CT molecular complexity index is 888. The molecule has 0 bridgehead atoms. The summed E-state index contributed by atoms with van der Waals surface area (Å²) in [6, 6.07) is 4.85. The van der Waals surface area contributed by atoms with Crippen molar-refractivity contribution in [2.75, 3.05) is 11.1 Å². The fourth-order valence-electron chi connectivity index (χ4n) is 2.18. The van der Waals surface area contributed by atoms with E-state index >= 15 is 0 Å². The molecule has 4 N–H and O–H groups in total. The van der Waals surface area contributed by atoms with Crippen molar-refractivity contribution in [1.82, 2.24) is 19.7 Å². The van der Waals surface area contributed by atoms with Crippen molar-refractivity contribution >= 4 is 22.5 Å². The topological polar surface area (TPSA) is 119 Å². The Kier molecular flexibility index (Phi) is 3.34. The summed E-state index contributed by atoms with van der Waals surface area (Å²) in [5.41, 5.74) is 7.26. The van der Waals surface area contributed by atoms with Gasteiger partial charge in [0, 0.05) is 18.8 Å². The number of fused-ring (bicyclic) bond motifs is 1. The van der Waals surface area contributed by atoms with Crippen molar-refractivity contribution in [1.29, 1.82) is 0 Å². The van der Waals surface area contributed by atoms with Gasteiger partial charge in [-0.3, -0.25) is 4.79 Å². The van der Waals surface area contributed by atoms with Crippen LogP contribution in [-0.4, -0.2) is 24.9 Å². The molecule has 0 atom stereocenters. The molecule has 0 spiro atoms. The van der Waals surface area contributed by atoms with Crippen LogP contribution < -0.4 is 16.6 Å². The number of aryl methyl sites for hydroxylation is 1. The summed E-state index contributed by atoms with van der Waals surface area (Å²) in [6.45, 7) is 2.23. The molecule has 3 rings (SSSR count). The van der Waals surface area contributed by atoms with E-state index in [1.54, 1.807) is 19.2 Å². The molecule has 0 aromatic carbocycles. The zero-order valence-corrected chi connectivity index (χ0v) is 11.8. The van der Waals surface area contributed by atoms with E-state index < -0.39 is 5.56 Å². The van der Waals surface area contributed by atoms with Crippen molar-refractivity contribution in [3.05, 3.63) is 52.3 Å². The molecular formula is C14H14N6O2. The van der Waals surface area contributed by atoms with Crippen LogP contribution in [0.15, 0.2) is 35.5 Å². The predicted molar refractivity (Wildman–Crippen MR) is 81.7 cm³/mol. The molecule has 8 nitrogen and oxygen atoms in total. The van der Waals surface area contributed by atoms with Crippen molar-refractivity contribution in [3.8, 4) is 0 Å². The first kappa shape index (κ1) is 13.8. The number of nitrogens with zero attached hydrogens (tertiary/aromatic N) is 4. The number of pyridine rings is 2. The molecule has 0 aliphatic carbocycles. The summed E-state index contributed by atoms with van der Waals surface area (Å²) in [6.07, 6.45) is 2.96.